The number of nitriles is 1. The highest BCUT2D eigenvalue weighted by Crippen LogP contribution is 2.39. The van der Waals surface area contributed by atoms with Crippen LogP contribution in [-0.2, 0) is 0 Å². The van der Waals surface area contributed by atoms with Crippen molar-refractivity contribution < 1.29 is 0 Å². The van der Waals surface area contributed by atoms with Crippen molar-refractivity contribution in [2.24, 2.45) is 0 Å². The summed E-state index contributed by atoms with van der Waals surface area (Å²) in [5.74, 6) is 3.30. The van der Waals surface area contributed by atoms with E-state index in [4.69, 9.17) is 29.9 Å². The lowest BCUT2D eigenvalue weighted by Crippen LogP contribution is -2.02. The van der Waals surface area contributed by atoms with Crippen molar-refractivity contribution >= 4 is 0 Å². The van der Waals surface area contributed by atoms with Crippen LogP contribution in [0.1, 0.15) is 5.56 Å². The lowest BCUT2D eigenvalue weighted by molar-refractivity contribution is 1.07. The minimum absolute atomic E-state index is 0.484. The van der Waals surface area contributed by atoms with Crippen molar-refractivity contribution in [3.63, 3.8) is 0 Å². The summed E-state index contributed by atoms with van der Waals surface area (Å²) < 4.78 is 0. The van der Waals surface area contributed by atoms with E-state index in [0.29, 0.717) is 40.5 Å². The lowest BCUT2D eigenvalue weighted by Gasteiger charge is -2.16. The Bertz CT molecular complexity index is 2740. The SMILES string of the molecule is N#Cc1ccccc1-c1ccc(-c2ccccc2-c2nc(-c3ccccc3)nc(-c3ccccc3)n2)cc1-c1nc(-c2ccccc2)nc(-c2ccccc2)n1. The van der Waals surface area contributed by atoms with Gasteiger partial charge in [-0.1, -0.05) is 176 Å². The number of rotatable bonds is 8. The average Bonchev–Trinajstić information content (AvgIpc) is 3.29. The molecule has 262 valence electrons. The van der Waals surface area contributed by atoms with Crippen LogP contribution in [0, 0.1) is 11.3 Å². The predicted molar refractivity (Wildman–Crippen MR) is 221 cm³/mol. The Balaban J connectivity index is 1.28. The quantitative estimate of drug-likeness (QED) is 0.154. The molecular formula is C49H31N7. The van der Waals surface area contributed by atoms with Gasteiger partial charge in [0.15, 0.2) is 34.9 Å². The zero-order valence-corrected chi connectivity index (χ0v) is 30.0. The molecule has 56 heavy (non-hydrogen) atoms. The fourth-order valence-electron chi connectivity index (χ4n) is 6.74. The molecular weight excluding hydrogens is 687 g/mol. The standard InChI is InChI=1S/C49H31N7/c50-32-38-25-13-14-27-40(38)41-30-29-37(31-43(41)49-55-46(35-21-9-3-10-22-35)52-47(56-49)36-23-11-4-12-24-36)39-26-15-16-28-42(39)48-53-44(33-17-5-1-6-18-33)51-45(54-48)34-19-7-2-8-20-34/h1-31H. The lowest BCUT2D eigenvalue weighted by atomic mass is 9.90. The third kappa shape index (κ3) is 6.82. The van der Waals surface area contributed by atoms with Gasteiger partial charge in [0.05, 0.1) is 11.6 Å². The fourth-order valence-corrected chi connectivity index (χ4v) is 6.74. The molecule has 0 saturated carbocycles. The molecule has 9 aromatic rings. The monoisotopic (exact) mass is 717 g/mol. The molecule has 2 heterocycles. The highest BCUT2D eigenvalue weighted by molar-refractivity contribution is 5.90. The van der Waals surface area contributed by atoms with Crippen LogP contribution in [-0.4, -0.2) is 29.9 Å². The minimum Gasteiger partial charge on any atom is -0.208 e. The Hall–Kier alpha value is -7.95. The van der Waals surface area contributed by atoms with Crippen molar-refractivity contribution in [2.75, 3.05) is 0 Å². The summed E-state index contributed by atoms with van der Waals surface area (Å²) in [6.45, 7) is 0. The van der Waals surface area contributed by atoms with Crippen LogP contribution >= 0.6 is 0 Å². The molecule has 0 fully saturated rings. The van der Waals surface area contributed by atoms with Crippen LogP contribution in [0.2, 0.25) is 0 Å². The molecule has 0 aliphatic heterocycles. The first-order valence-corrected chi connectivity index (χ1v) is 18.2. The van der Waals surface area contributed by atoms with Crippen LogP contribution in [0.4, 0.5) is 0 Å². The molecule has 0 unspecified atom stereocenters. The molecule has 7 nitrogen and oxygen atoms in total. The third-order valence-corrected chi connectivity index (χ3v) is 9.48. The Labute approximate surface area is 324 Å². The molecule has 0 bridgehead atoms. The molecule has 9 rings (SSSR count). The predicted octanol–water partition coefficient (Wildman–Crippen LogP) is 11.3. The third-order valence-electron chi connectivity index (χ3n) is 9.48. The van der Waals surface area contributed by atoms with E-state index < -0.39 is 0 Å². The summed E-state index contributed by atoms with van der Waals surface area (Å²) in [4.78, 5) is 30.2. The van der Waals surface area contributed by atoms with Gasteiger partial charge in [0.2, 0.25) is 0 Å². The van der Waals surface area contributed by atoms with Crippen LogP contribution in [0.15, 0.2) is 188 Å². The Morgan fingerprint density at radius 1 is 0.268 bits per heavy atom. The molecule has 0 aliphatic rings. The second kappa shape index (κ2) is 15.2. The second-order valence-electron chi connectivity index (χ2n) is 13.0. The maximum absolute atomic E-state index is 10.2. The number of aromatic nitrogens is 6. The first kappa shape index (κ1) is 33.9. The van der Waals surface area contributed by atoms with E-state index >= 15 is 0 Å². The van der Waals surface area contributed by atoms with Crippen LogP contribution < -0.4 is 0 Å². The Morgan fingerprint density at radius 2 is 0.625 bits per heavy atom. The van der Waals surface area contributed by atoms with Crippen molar-refractivity contribution in [3.8, 4) is 96.7 Å². The minimum atomic E-state index is 0.484. The van der Waals surface area contributed by atoms with Crippen molar-refractivity contribution in [1.29, 1.82) is 5.26 Å². The molecule has 0 spiro atoms. The molecule has 2 aromatic heterocycles. The first-order valence-electron chi connectivity index (χ1n) is 18.2. The van der Waals surface area contributed by atoms with E-state index in [0.717, 1.165) is 55.6 Å². The van der Waals surface area contributed by atoms with Gasteiger partial charge >= 0.3 is 0 Å². The summed E-state index contributed by atoms with van der Waals surface area (Å²) >= 11 is 0. The highest BCUT2D eigenvalue weighted by Gasteiger charge is 2.21. The van der Waals surface area contributed by atoms with Gasteiger partial charge in [-0.25, -0.2) is 29.9 Å². The zero-order valence-electron chi connectivity index (χ0n) is 30.0. The van der Waals surface area contributed by atoms with Crippen LogP contribution in [0.3, 0.4) is 0 Å². The smallest absolute Gasteiger partial charge is 0.164 e. The van der Waals surface area contributed by atoms with E-state index in [1.54, 1.807) is 0 Å². The number of hydrogen-bond acceptors (Lipinski definition) is 7. The van der Waals surface area contributed by atoms with Crippen LogP contribution in [0.5, 0.6) is 0 Å². The average molecular weight is 718 g/mol. The molecule has 0 aliphatic carbocycles. The van der Waals surface area contributed by atoms with E-state index in [9.17, 15) is 5.26 Å². The van der Waals surface area contributed by atoms with Gasteiger partial charge in [-0.2, -0.15) is 5.26 Å². The summed E-state index contributed by atoms with van der Waals surface area (Å²) in [5, 5.41) is 10.2. The number of benzene rings is 7. The molecule has 0 saturated heterocycles. The van der Waals surface area contributed by atoms with Gasteiger partial charge in [0.1, 0.15) is 0 Å². The Kier molecular flexibility index (Phi) is 9.18. The molecule has 0 N–H and O–H groups in total. The van der Waals surface area contributed by atoms with Crippen LogP contribution in [0.25, 0.3) is 90.6 Å². The number of hydrogen-bond donors (Lipinski definition) is 0. The summed E-state index contributed by atoms with van der Waals surface area (Å²) in [5.41, 5.74) is 9.09. The second-order valence-corrected chi connectivity index (χ2v) is 13.0. The van der Waals surface area contributed by atoms with E-state index in [2.05, 4.69) is 24.3 Å². The van der Waals surface area contributed by atoms with Gasteiger partial charge in [0.25, 0.3) is 0 Å². The highest BCUT2D eigenvalue weighted by atomic mass is 15.0. The Morgan fingerprint density at radius 3 is 1.07 bits per heavy atom. The van der Waals surface area contributed by atoms with Gasteiger partial charge in [0, 0.05) is 38.9 Å². The summed E-state index contributed by atoms with van der Waals surface area (Å²) in [6.07, 6.45) is 0. The summed E-state index contributed by atoms with van der Waals surface area (Å²) in [7, 11) is 0. The molecule has 7 heteroatoms. The fraction of sp³-hybridized carbons (Fsp3) is 0. The molecule has 7 aromatic carbocycles. The number of nitrogens with zero attached hydrogens (tertiary/aromatic N) is 7. The van der Waals surface area contributed by atoms with Gasteiger partial charge in [-0.3, -0.25) is 0 Å². The van der Waals surface area contributed by atoms with Crippen molar-refractivity contribution in [1.82, 2.24) is 29.9 Å². The van der Waals surface area contributed by atoms with E-state index in [1.165, 1.54) is 0 Å². The maximum atomic E-state index is 10.2. The first-order chi connectivity index (χ1) is 27.7. The zero-order chi connectivity index (χ0) is 37.7. The van der Waals surface area contributed by atoms with Crippen molar-refractivity contribution in [3.05, 3.63) is 194 Å². The molecule has 0 radical (unpaired) electrons. The van der Waals surface area contributed by atoms with Gasteiger partial charge in [-0.15, -0.1) is 0 Å². The van der Waals surface area contributed by atoms with E-state index in [1.807, 2.05) is 170 Å². The summed E-state index contributed by atoms with van der Waals surface area (Å²) in [6, 6.07) is 64.0. The topological polar surface area (TPSA) is 101 Å². The van der Waals surface area contributed by atoms with Crippen molar-refractivity contribution in [2.45, 2.75) is 0 Å². The molecule has 0 amide bonds. The van der Waals surface area contributed by atoms with E-state index in [-0.39, 0.29) is 0 Å². The molecule has 0 atom stereocenters. The van der Waals surface area contributed by atoms with Gasteiger partial charge < -0.3 is 0 Å². The normalized spacial score (nSPS) is 10.8. The largest absolute Gasteiger partial charge is 0.208 e. The maximum Gasteiger partial charge on any atom is 0.164 e. The van der Waals surface area contributed by atoms with Gasteiger partial charge in [-0.05, 0) is 28.8 Å².